The predicted molar refractivity (Wildman–Crippen MR) is 114 cm³/mol. The lowest BCUT2D eigenvalue weighted by molar-refractivity contribution is -0.215. The molecule has 0 aromatic heterocycles. The van der Waals surface area contributed by atoms with E-state index >= 15 is 0 Å². The number of imide groups is 3. The Hall–Kier alpha value is -3.03. The molecule has 0 aromatic carbocycles. The van der Waals surface area contributed by atoms with Crippen molar-refractivity contribution in [2.24, 2.45) is 0 Å². The number of nitrogens with zero attached hydrogens (tertiary/aromatic N) is 3. The highest BCUT2D eigenvalue weighted by molar-refractivity contribution is 14.0. The Morgan fingerprint density at radius 3 is 0.971 bits per heavy atom. The number of carbonyl (C=O) groups excluding carboxylic acids is 10. The van der Waals surface area contributed by atoms with Crippen LogP contribution in [-0.2, 0) is 57.6 Å². The number of carbonyl (C=O) groups is 10. The average Bonchev–Trinajstić information content (AvgIpc) is 3.37. The van der Waals surface area contributed by atoms with Crippen LogP contribution in [0.25, 0.3) is 0 Å². The van der Waals surface area contributed by atoms with Gasteiger partial charge in [-0.05, 0) is 23.2 Å². The zero-order chi connectivity index (χ0) is 26.2. The van der Waals surface area contributed by atoms with E-state index in [0.717, 1.165) is 0 Å². The minimum absolute atomic E-state index is 0. The molecule has 192 valence electrons. The van der Waals surface area contributed by atoms with Crippen LogP contribution in [0.2, 0.25) is 0 Å². The van der Waals surface area contributed by atoms with Crippen molar-refractivity contribution >= 4 is 105 Å². The van der Waals surface area contributed by atoms with E-state index in [4.69, 9.17) is 5.21 Å². The number of amides is 6. The number of rotatable bonds is 3. The van der Waals surface area contributed by atoms with Crippen LogP contribution in [0.4, 0.5) is 0 Å². The van der Waals surface area contributed by atoms with Crippen LogP contribution >= 0.6 is 47.2 Å². The molecule has 3 aliphatic heterocycles. The maximum absolute atomic E-state index is 11.3. The maximum Gasteiger partial charge on any atom is 0.444 e. The van der Waals surface area contributed by atoms with Gasteiger partial charge in [-0.1, -0.05) is 0 Å². The second-order valence-electron chi connectivity index (χ2n) is 6.07. The minimum Gasteiger partial charge on any atom is -0.319 e. The van der Waals surface area contributed by atoms with E-state index < -0.39 is 57.9 Å². The molecule has 0 radical (unpaired) electrons. The Kier molecular flexibility index (Phi) is 13.1. The Morgan fingerprint density at radius 2 is 0.800 bits per heavy atom. The summed E-state index contributed by atoms with van der Waals surface area (Å²) in [6.07, 6.45) is -0.242. The van der Waals surface area contributed by atoms with E-state index in [2.05, 4.69) is 32.9 Å². The van der Waals surface area contributed by atoms with Crippen molar-refractivity contribution in [3.63, 3.8) is 0 Å². The van der Waals surface area contributed by atoms with E-state index in [0.29, 0.717) is 0 Å². The molecule has 3 fully saturated rings. The summed E-state index contributed by atoms with van der Waals surface area (Å²) >= 11 is 8.98. The summed E-state index contributed by atoms with van der Waals surface area (Å²) in [5.41, 5.74) is 0. The topological polar surface area (TPSA) is 219 Å². The molecule has 0 unspecified atom stereocenters. The molecule has 0 saturated carbocycles. The van der Waals surface area contributed by atoms with Crippen LogP contribution in [0.3, 0.4) is 0 Å². The Labute approximate surface area is 221 Å². The number of hydrogen-bond donors (Lipinski definition) is 1. The van der Waals surface area contributed by atoms with Crippen LogP contribution in [-0.4, -0.2) is 78.3 Å². The Bertz CT molecular complexity index is 878. The second kappa shape index (κ2) is 14.4. The average molecular weight is 654 g/mol. The third-order valence-corrected chi connectivity index (χ3v) is 4.15. The third-order valence-electron chi connectivity index (χ3n) is 3.71. The largest absolute Gasteiger partial charge is 0.444 e. The molecule has 3 saturated heterocycles. The van der Waals surface area contributed by atoms with Gasteiger partial charge >= 0.3 is 22.4 Å². The molecule has 6 amide bonds. The fraction of sp³-hybridized carbons (Fsp3) is 0.375. The van der Waals surface area contributed by atoms with E-state index in [1.807, 2.05) is 0 Å². The van der Waals surface area contributed by atoms with E-state index in [1.165, 1.54) is 0 Å². The predicted octanol–water partition coefficient (Wildman–Crippen LogP) is -1.14. The highest BCUT2D eigenvalue weighted by atomic mass is 127. The van der Waals surface area contributed by atoms with Gasteiger partial charge in [0, 0.05) is 38.5 Å². The Morgan fingerprint density at radius 1 is 0.571 bits per heavy atom. The molecule has 0 spiro atoms. The molecule has 0 atom stereocenters. The van der Waals surface area contributed by atoms with Crippen molar-refractivity contribution in [3.05, 3.63) is 0 Å². The molecular weight excluding hydrogens is 640 g/mol. The first-order valence-electron chi connectivity index (χ1n) is 8.86. The van der Waals surface area contributed by atoms with Crippen molar-refractivity contribution in [1.82, 2.24) is 15.2 Å². The van der Waals surface area contributed by atoms with E-state index in [9.17, 15) is 47.9 Å². The summed E-state index contributed by atoms with van der Waals surface area (Å²) < 4.78 is 0. The molecule has 3 aliphatic rings. The molecule has 16 nitrogen and oxygen atoms in total. The molecule has 19 heteroatoms. The third kappa shape index (κ3) is 9.62. The van der Waals surface area contributed by atoms with Crippen LogP contribution < -0.4 is 0 Å². The molecule has 35 heavy (non-hydrogen) atoms. The quantitative estimate of drug-likeness (QED) is 0.125. The molecular formula is C16H14Cl2IN3O13. The maximum atomic E-state index is 11.3. The minimum atomic E-state index is -1.68. The summed E-state index contributed by atoms with van der Waals surface area (Å²) in [5.74, 6) is -7.46. The van der Waals surface area contributed by atoms with Crippen molar-refractivity contribution < 1.29 is 62.8 Å². The lowest BCUT2D eigenvalue weighted by atomic mass is 10.4. The highest BCUT2D eigenvalue weighted by Crippen LogP contribution is 2.14. The van der Waals surface area contributed by atoms with Crippen LogP contribution in [0.15, 0.2) is 0 Å². The fourth-order valence-corrected chi connectivity index (χ4v) is 2.12. The first-order valence-corrected chi connectivity index (χ1v) is 9.61. The molecule has 0 aromatic rings. The van der Waals surface area contributed by atoms with E-state index in [-0.39, 0.29) is 77.7 Å². The second-order valence-corrected chi connectivity index (χ2v) is 6.75. The van der Waals surface area contributed by atoms with Gasteiger partial charge in [-0.25, -0.2) is 9.59 Å². The zero-order valence-electron chi connectivity index (χ0n) is 17.1. The van der Waals surface area contributed by atoms with E-state index in [1.54, 1.807) is 0 Å². The lowest BCUT2D eigenvalue weighted by Gasteiger charge is -2.14. The fourth-order valence-electron chi connectivity index (χ4n) is 2.12. The smallest absolute Gasteiger partial charge is 0.319 e. The lowest BCUT2D eigenvalue weighted by Crippen LogP contribution is -2.39. The van der Waals surface area contributed by atoms with Gasteiger partial charge in [0.2, 0.25) is 0 Å². The Balaban J connectivity index is 0.000000635. The zero-order valence-corrected chi connectivity index (χ0v) is 20.9. The van der Waals surface area contributed by atoms with Crippen molar-refractivity contribution in [3.8, 4) is 0 Å². The molecule has 1 N–H and O–H groups in total. The SMILES string of the molecule is I.O=C(Cl)C(=O)Cl.O=C(ON1C(=O)CCC1=O)C(=O)ON1C(=O)CCC1=O.O=C1CCC(=O)N1O. The number of halogens is 3. The normalized spacial score (nSPS) is 16.7. The van der Waals surface area contributed by atoms with Gasteiger partial charge in [-0.2, -0.15) is 5.06 Å². The van der Waals surface area contributed by atoms with Crippen molar-refractivity contribution in [2.75, 3.05) is 0 Å². The standard InChI is InChI=1S/C10H8N2O8.C4H5NO3.C2Cl2O2.HI/c13-5-1-2-6(14)11(5)19-9(17)10(18)20-12-7(15)3-4-8(12)16;6-3-1-2-4(7)5(3)8;3-1(5)2(4)6;/h1-4H2;8H,1-2H2;;1H. The van der Waals surface area contributed by atoms with Gasteiger partial charge in [0.05, 0.1) is 0 Å². The monoisotopic (exact) mass is 653 g/mol. The van der Waals surface area contributed by atoms with Crippen LogP contribution in [0.5, 0.6) is 0 Å². The van der Waals surface area contributed by atoms with Gasteiger partial charge in [-0.3, -0.25) is 43.6 Å². The number of hydroxylamine groups is 6. The van der Waals surface area contributed by atoms with Crippen LogP contribution in [0.1, 0.15) is 38.5 Å². The van der Waals surface area contributed by atoms with Gasteiger partial charge in [0.25, 0.3) is 35.4 Å². The first kappa shape index (κ1) is 32.0. The molecule has 0 aliphatic carbocycles. The van der Waals surface area contributed by atoms with Crippen LogP contribution in [0, 0.1) is 0 Å². The molecule has 3 heterocycles. The van der Waals surface area contributed by atoms with Gasteiger partial charge < -0.3 is 9.68 Å². The van der Waals surface area contributed by atoms with Crippen molar-refractivity contribution in [2.45, 2.75) is 38.5 Å². The highest BCUT2D eigenvalue weighted by Gasteiger charge is 2.38. The molecule has 0 bridgehead atoms. The number of hydrogen-bond acceptors (Lipinski definition) is 13. The van der Waals surface area contributed by atoms with Gasteiger partial charge in [-0.15, -0.1) is 34.1 Å². The van der Waals surface area contributed by atoms with Crippen molar-refractivity contribution in [1.29, 1.82) is 0 Å². The molecule has 3 rings (SSSR count). The van der Waals surface area contributed by atoms with Gasteiger partial charge in [0.15, 0.2) is 0 Å². The summed E-state index contributed by atoms with van der Waals surface area (Å²) in [6.45, 7) is 0. The summed E-state index contributed by atoms with van der Waals surface area (Å²) in [7, 11) is 0. The van der Waals surface area contributed by atoms with Gasteiger partial charge in [0.1, 0.15) is 0 Å². The first-order chi connectivity index (χ1) is 15.8. The summed E-state index contributed by atoms with van der Waals surface area (Å²) in [6, 6.07) is 0. The summed E-state index contributed by atoms with van der Waals surface area (Å²) in [4.78, 5) is 115. The summed E-state index contributed by atoms with van der Waals surface area (Å²) in [5, 5.41) is 6.58.